The maximum Gasteiger partial charge on any atom is 0.233 e. The topological polar surface area (TPSA) is 59.8 Å². The van der Waals surface area contributed by atoms with Gasteiger partial charge in [0.05, 0.1) is 12.1 Å². The maximum atomic E-state index is 14.1. The third-order valence-corrected chi connectivity index (χ3v) is 7.66. The molecule has 3 heterocycles. The number of benzene rings is 1. The van der Waals surface area contributed by atoms with Gasteiger partial charge in [-0.1, -0.05) is 66.9 Å². The van der Waals surface area contributed by atoms with Gasteiger partial charge in [-0.05, 0) is 42.7 Å². The largest absolute Gasteiger partial charge is 0.348 e. The first-order chi connectivity index (χ1) is 15.4. The van der Waals surface area contributed by atoms with E-state index >= 15 is 0 Å². The quantitative estimate of drug-likeness (QED) is 0.609. The van der Waals surface area contributed by atoms with E-state index in [1.807, 2.05) is 37.3 Å². The summed E-state index contributed by atoms with van der Waals surface area (Å²) >= 11 is 12.8. The Labute approximate surface area is 198 Å². The number of rotatable bonds is 4. The number of amides is 1. The van der Waals surface area contributed by atoms with Gasteiger partial charge in [-0.15, -0.1) is 10.2 Å². The number of nitrogens with one attached hydrogen (secondary N) is 1. The van der Waals surface area contributed by atoms with Crippen LogP contribution in [0.2, 0.25) is 5.02 Å². The van der Waals surface area contributed by atoms with Crippen LogP contribution in [0, 0.1) is 12.3 Å². The molecule has 7 heteroatoms. The average molecular weight is 469 g/mol. The van der Waals surface area contributed by atoms with Gasteiger partial charge in [-0.2, -0.15) is 0 Å². The lowest BCUT2D eigenvalue weighted by Crippen LogP contribution is -2.50. The molecular formula is C25H26Cl2N4O. The molecule has 1 aromatic carbocycles. The van der Waals surface area contributed by atoms with E-state index in [2.05, 4.69) is 39.7 Å². The van der Waals surface area contributed by atoms with Crippen LogP contribution in [0.4, 0.5) is 0 Å². The maximum absolute atomic E-state index is 14.1. The minimum absolute atomic E-state index is 0.0134. The van der Waals surface area contributed by atoms with Crippen molar-refractivity contribution in [3.8, 4) is 0 Å². The van der Waals surface area contributed by atoms with Crippen LogP contribution in [-0.2, 0) is 11.2 Å². The molecule has 1 aliphatic carbocycles. The molecule has 2 aliphatic heterocycles. The van der Waals surface area contributed by atoms with Crippen molar-refractivity contribution in [2.24, 2.45) is 5.41 Å². The number of halogens is 2. The van der Waals surface area contributed by atoms with Gasteiger partial charge in [0.1, 0.15) is 17.1 Å². The molecule has 5 nitrogen and oxygen atoms in total. The van der Waals surface area contributed by atoms with Crippen LogP contribution in [0.15, 0.2) is 59.2 Å². The highest BCUT2D eigenvalue weighted by atomic mass is 35.5. The second kappa shape index (κ2) is 7.89. The van der Waals surface area contributed by atoms with Crippen molar-refractivity contribution < 1.29 is 4.79 Å². The van der Waals surface area contributed by atoms with Crippen molar-refractivity contribution in [2.75, 3.05) is 0 Å². The molecule has 1 N–H and O–H groups in total. The zero-order valence-corrected chi connectivity index (χ0v) is 19.7. The van der Waals surface area contributed by atoms with Gasteiger partial charge in [0.25, 0.3) is 0 Å². The number of hydrogen-bond donors (Lipinski definition) is 1. The first kappa shape index (κ1) is 21.5. The standard InChI is InChI=1S/C25H26Cl2N4O/c1-4-6-14(2)23-25(19-10-9-18(27)12-21(19)28-24(25)32)20(16-7-5-8-17(26)11-16)13-22-30-29-15(3)31(22)23/h5,7-11,20-21,23H,2,4,6,12-13H2,1,3H3,(H,28,32)/t20-,21?,23+,25-/m0/s1. The Kier molecular flexibility index (Phi) is 5.30. The predicted octanol–water partition coefficient (Wildman–Crippen LogP) is 5.41. The number of allylic oxidation sites excluding steroid dienone is 3. The van der Waals surface area contributed by atoms with Gasteiger partial charge >= 0.3 is 0 Å². The van der Waals surface area contributed by atoms with E-state index in [1.165, 1.54) is 0 Å². The summed E-state index contributed by atoms with van der Waals surface area (Å²) in [6.07, 6.45) is 6.92. The third-order valence-electron chi connectivity index (χ3n) is 7.15. The number of fused-ring (bicyclic) bond motifs is 3. The molecule has 4 atom stereocenters. The van der Waals surface area contributed by atoms with Crippen LogP contribution in [0.1, 0.15) is 55.4 Å². The molecular weight excluding hydrogens is 443 g/mol. The van der Waals surface area contributed by atoms with Crippen LogP contribution in [0.3, 0.4) is 0 Å². The molecule has 1 fully saturated rings. The Morgan fingerprint density at radius 3 is 2.84 bits per heavy atom. The van der Waals surface area contributed by atoms with E-state index in [0.29, 0.717) is 17.9 Å². The van der Waals surface area contributed by atoms with Gasteiger partial charge in [-0.25, -0.2) is 0 Å². The molecule has 166 valence electrons. The second-order valence-electron chi connectivity index (χ2n) is 8.99. The summed E-state index contributed by atoms with van der Waals surface area (Å²) in [5, 5.41) is 13.6. The fraction of sp³-hybridized carbons (Fsp3) is 0.400. The minimum Gasteiger partial charge on any atom is -0.348 e. The fourth-order valence-corrected chi connectivity index (χ4v) is 6.38. The Morgan fingerprint density at radius 2 is 2.09 bits per heavy atom. The molecule has 1 saturated heterocycles. The number of aromatic nitrogens is 3. The van der Waals surface area contributed by atoms with Crippen LogP contribution >= 0.6 is 23.2 Å². The Morgan fingerprint density at radius 1 is 1.28 bits per heavy atom. The zero-order valence-electron chi connectivity index (χ0n) is 18.2. The highest BCUT2D eigenvalue weighted by Crippen LogP contribution is 2.61. The fourth-order valence-electron chi connectivity index (χ4n) is 5.97. The molecule has 1 spiro atoms. The SMILES string of the molecule is C=C(CCC)[C@H]1n2c(C)nnc2C[C@@H](c2cccc(Cl)c2)[C@]12C(=O)NC1CC(Cl)=CC=C12. The van der Waals surface area contributed by atoms with E-state index in [0.717, 1.165) is 46.2 Å². The average Bonchev–Trinajstić information content (AvgIpc) is 3.25. The van der Waals surface area contributed by atoms with Gasteiger partial charge < -0.3 is 9.88 Å². The summed E-state index contributed by atoms with van der Waals surface area (Å²) in [6, 6.07) is 7.43. The van der Waals surface area contributed by atoms with Crippen molar-refractivity contribution in [1.82, 2.24) is 20.1 Å². The van der Waals surface area contributed by atoms with Crippen LogP contribution in [0.25, 0.3) is 0 Å². The number of carbonyl (C=O) groups is 1. The van der Waals surface area contributed by atoms with Gasteiger partial charge in [0.2, 0.25) is 5.91 Å². The Balaban J connectivity index is 1.83. The van der Waals surface area contributed by atoms with E-state index in [-0.39, 0.29) is 23.9 Å². The Bertz CT molecular complexity index is 1180. The third kappa shape index (κ3) is 3.01. The van der Waals surface area contributed by atoms with Crippen LogP contribution in [-0.4, -0.2) is 26.7 Å². The van der Waals surface area contributed by atoms with E-state index < -0.39 is 5.41 Å². The first-order valence-corrected chi connectivity index (χ1v) is 11.8. The molecule has 1 unspecified atom stereocenters. The normalized spacial score (nSPS) is 28.6. The summed E-state index contributed by atoms with van der Waals surface area (Å²) < 4.78 is 2.14. The smallest absolute Gasteiger partial charge is 0.233 e. The van der Waals surface area contributed by atoms with Gasteiger partial charge in [0, 0.05) is 28.8 Å². The summed E-state index contributed by atoms with van der Waals surface area (Å²) in [4.78, 5) is 14.1. The molecule has 1 amide bonds. The lowest BCUT2D eigenvalue weighted by Gasteiger charge is -2.48. The number of nitrogens with zero attached hydrogens (tertiary/aromatic N) is 3. The van der Waals surface area contributed by atoms with E-state index in [9.17, 15) is 4.79 Å². The van der Waals surface area contributed by atoms with Crippen molar-refractivity contribution in [2.45, 2.75) is 57.5 Å². The molecule has 5 rings (SSSR count). The number of carbonyl (C=O) groups excluding carboxylic acids is 1. The highest BCUT2D eigenvalue weighted by molar-refractivity contribution is 6.30. The molecule has 2 aromatic rings. The summed E-state index contributed by atoms with van der Waals surface area (Å²) in [7, 11) is 0. The molecule has 32 heavy (non-hydrogen) atoms. The van der Waals surface area contributed by atoms with E-state index in [4.69, 9.17) is 23.2 Å². The van der Waals surface area contributed by atoms with Crippen LogP contribution < -0.4 is 5.32 Å². The van der Waals surface area contributed by atoms with Crippen molar-refractivity contribution >= 4 is 29.1 Å². The summed E-state index contributed by atoms with van der Waals surface area (Å²) in [5.74, 6) is 1.53. The van der Waals surface area contributed by atoms with Crippen LogP contribution in [0.5, 0.6) is 0 Å². The van der Waals surface area contributed by atoms with Crippen molar-refractivity contribution in [1.29, 1.82) is 0 Å². The summed E-state index contributed by atoms with van der Waals surface area (Å²) in [5.41, 5.74) is 2.25. The molecule has 0 radical (unpaired) electrons. The molecule has 0 bridgehead atoms. The predicted molar refractivity (Wildman–Crippen MR) is 127 cm³/mol. The Hall–Kier alpha value is -2.37. The monoisotopic (exact) mass is 468 g/mol. The highest BCUT2D eigenvalue weighted by Gasteiger charge is 2.64. The number of hydrogen-bond acceptors (Lipinski definition) is 3. The summed E-state index contributed by atoms with van der Waals surface area (Å²) in [6.45, 7) is 8.57. The van der Waals surface area contributed by atoms with Gasteiger partial charge in [0.15, 0.2) is 0 Å². The minimum atomic E-state index is -0.851. The molecule has 0 saturated carbocycles. The lowest BCUT2D eigenvalue weighted by atomic mass is 9.57. The lowest BCUT2D eigenvalue weighted by molar-refractivity contribution is -0.130. The number of aryl methyl sites for hydroxylation is 1. The van der Waals surface area contributed by atoms with Crippen molar-refractivity contribution in [3.63, 3.8) is 0 Å². The zero-order chi connectivity index (χ0) is 22.6. The molecule has 1 aromatic heterocycles. The van der Waals surface area contributed by atoms with Gasteiger partial charge in [-0.3, -0.25) is 4.79 Å². The second-order valence-corrected chi connectivity index (χ2v) is 9.91. The first-order valence-electron chi connectivity index (χ1n) is 11.1. The van der Waals surface area contributed by atoms with E-state index in [1.54, 1.807) is 0 Å². The molecule has 3 aliphatic rings. The van der Waals surface area contributed by atoms with Crippen molar-refractivity contribution in [3.05, 3.63) is 81.4 Å².